The molecule has 0 saturated carbocycles. The second kappa shape index (κ2) is 7.04. The Labute approximate surface area is 151 Å². The van der Waals surface area contributed by atoms with Crippen molar-refractivity contribution in [1.82, 2.24) is 9.78 Å². The van der Waals surface area contributed by atoms with Gasteiger partial charge in [-0.2, -0.15) is 5.10 Å². The molecule has 1 aliphatic heterocycles. The maximum Gasteiger partial charge on any atom is 0.288 e. The number of aromatic nitrogens is 2. The predicted octanol–water partition coefficient (Wildman–Crippen LogP) is 1.41. The highest BCUT2D eigenvalue weighted by molar-refractivity contribution is 7.90. The first-order chi connectivity index (χ1) is 12.2. The minimum Gasteiger partial charge on any atom is -0.373 e. The number of morpholine rings is 1. The Morgan fingerprint density at radius 2 is 2.19 bits per heavy atom. The van der Waals surface area contributed by atoms with Gasteiger partial charge in [-0.1, -0.05) is 0 Å². The zero-order valence-corrected chi connectivity index (χ0v) is 15.3. The Morgan fingerprint density at radius 3 is 2.81 bits per heavy atom. The van der Waals surface area contributed by atoms with E-state index in [1.54, 1.807) is 16.9 Å². The molecule has 0 spiro atoms. The number of aryl methyl sites for hydroxylation is 1. The molecular formula is C16H20N4O5S. The summed E-state index contributed by atoms with van der Waals surface area (Å²) in [6, 6.07) is 4.19. The predicted molar refractivity (Wildman–Crippen MR) is 95.1 cm³/mol. The number of nitrogens with zero attached hydrogens (tertiary/aromatic N) is 4. The third-order valence-electron chi connectivity index (χ3n) is 4.20. The fourth-order valence-electron chi connectivity index (χ4n) is 2.99. The number of rotatable bonds is 5. The maximum atomic E-state index is 11.9. The lowest BCUT2D eigenvalue weighted by Gasteiger charge is -2.34. The first-order valence-corrected chi connectivity index (χ1v) is 9.97. The molecule has 2 aromatic rings. The zero-order valence-electron chi connectivity index (χ0n) is 14.5. The summed E-state index contributed by atoms with van der Waals surface area (Å²) in [6.45, 7) is 4.14. The van der Waals surface area contributed by atoms with E-state index in [4.69, 9.17) is 4.74 Å². The van der Waals surface area contributed by atoms with Gasteiger partial charge < -0.3 is 9.64 Å². The van der Waals surface area contributed by atoms with Crippen LogP contribution in [0.2, 0.25) is 0 Å². The summed E-state index contributed by atoms with van der Waals surface area (Å²) in [5.41, 5.74) is 1.28. The van der Waals surface area contributed by atoms with Crippen molar-refractivity contribution >= 4 is 21.2 Å². The summed E-state index contributed by atoms with van der Waals surface area (Å²) in [6.07, 6.45) is 4.56. The van der Waals surface area contributed by atoms with Gasteiger partial charge in [0.1, 0.15) is 4.90 Å². The number of sulfone groups is 1. The Balaban J connectivity index is 1.83. The number of hydrogen-bond donors (Lipinski definition) is 0. The van der Waals surface area contributed by atoms with E-state index in [0.29, 0.717) is 31.9 Å². The van der Waals surface area contributed by atoms with Crippen LogP contribution in [-0.2, 0) is 21.1 Å². The first kappa shape index (κ1) is 18.3. The van der Waals surface area contributed by atoms with E-state index in [9.17, 15) is 18.5 Å². The number of hydrogen-bond acceptors (Lipinski definition) is 7. The number of nitro groups is 1. The topological polar surface area (TPSA) is 108 Å². The number of anilines is 1. The quantitative estimate of drug-likeness (QED) is 0.570. The van der Waals surface area contributed by atoms with Crippen LogP contribution >= 0.6 is 0 Å². The highest BCUT2D eigenvalue weighted by Crippen LogP contribution is 2.29. The molecule has 1 atom stereocenters. The highest BCUT2D eigenvalue weighted by atomic mass is 32.2. The third-order valence-corrected chi connectivity index (χ3v) is 5.32. The van der Waals surface area contributed by atoms with Gasteiger partial charge in [0, 0.05) is 37.3 Å². The van der Waals surface area contributed by atoms with Crippen LogP contribution in [0.15, 0.2) is 35.5 Å². The summed E-state index contributed by atoms with van der Waals surface area (Å²) in [5, 5.41) is 15.4. The number of benzene rings is 1. The average molecular weight is 380 g/mol. The molecule has 1 fully saturated rings. The van der Waals surface area contributed by atoms with Gasteiger partial charge in [0.25, 0.3) is 5.69 Å². The van der Waals surface area contributed by atoms with Gasteiger partial charge in [0.15, 0.2) is 9.84 Å². The van der Waals surface area contributed by atoms with Crippen molar-refractivity contribution in [1.29, 1.82) is 0 Å². The molecule has 0 radical (unpaired) electrons. The molecule has 1 unspecified atom stereocenters. The standard InChI is InChI=1S/C16H20N4O5S/c1-12-8-17-19(9-12)11-14-10-18(5-6-25-14)13-3-4-15(20(21)22)16(7-13)26(2,23)24/h3-4,7-9,14H,5-6,10-11H2,1-2H3. The molecule has 10 heteroatoms. The van der Waals surface area contributed by atoms with Gasteiger partial charge >= 0.3 is 0 Å². The van der Waals surface area contributed by atoms with Crippen molar-refractivity contribution in [3.63, 3.8) is 0 Å². The fraction of sp³-hybridized carbons (Fsp3) is 0.438. The fourth-order valence-corrected chi connectivity index (χ4v) is 3.84. The van der Waals surface area contributed by atoms with Gasteiger partial charge in [-0.05, 0) is 24.6 Å². The largest absolute Gasteiger partial charge is 0.373 e. The monoisotopic (exact) mass is 380 g/mol. The molecule has 1 aromatic heterocycles. The molecule has 0 amide bonds. The lowest BCUT2D eigenvalue weighted by molar-refractivity contribution is -0.387. The Morgan fingerprint density at radius 1 is 1.42 bits per heavy atom. The average Bonchev–Trinajstić information content (AvgIpc) is 2.98. The molecule has 3 rings (SSSR count). The van der Waals surface area contributed by atoms with E-state index in [-0.39, 0.29) is 11.0 Å². The molecule has 9 nitrogen and oxygen atoms in total. The van der Waals surface area contributed by atoms with E-state index in [2.05, 4.69) is 5.10 Å². The molecule has 26 heavy (non-hydrogen) atoms. The van der Waals surface area contributed by atoms with Crippen molar-refractivity contribution in [3.8, 4) is 0 Å². The smallest absolute Gasteiger partial charge is 0.288 e. The van der Waals surface area contributed by atoms with Crippen molar-refractivity contribution < 1.29 is 18.1 Å². The number of nitro benzene ring substituents is 1. The third kappa shape index (κ3) is 4.02. The van der Waals surface area contributed by atoms with Gasteiger partial charge in [0.05, 0.1) is 30.4 Å². The summed E-state index contributed by atoms with van der Waals surface area (Å²) >= 11 is 0. The number of ether oxygens (including phenoxy) is 1. The van der Waals surface area contributed by atoms with E-state index < -0.39 is 20.4 Å². The van der Waals surface area contributed by atoms with E-state index in [1.807, 2.05) is 18.0 Å². The zero-order chi connectivity index (χ0) is 18.9. The van der Waals surface area contributed by atoms with Gasteiger partial charge in [-0.3, -0.25) is 14.8 Å². The maximum absolute atomic E-state index is 11.9. The first-order valence-electron chi connectivity index (χ1n) is 8.08. The molecule has 2 heterocycles. The van der Waals surface area contributed by atoms with Crippen molar-refractivity contribution in [2.24, 2.45) is 0 Å². The second-order valence-electron chi connectivity index (χ2n) is 6.36. The summed E-state index contributed by atoms with van der Waals surface area (Å²) in [5.74, 6) is 0. The van der Waals surface area contributed by atoms with E-state index >= 15 is 0 Å². The van der Waals surface area contributed by atoms with Crippen LogP contribution < -0.4 is 4.90 Å². The highest BCUT2D eigenvalue weighted by Gasteiger charge is 2.26. The van der Waals surface area contributed by atoms with Crippen LogP contribution in [0.5, 0.6) is 0 Å². The molecule has 0 aliphatic carbocycles. The summed E-state index contributed by atoms with van der Waals surface area (Å²) < 4.78 is 31.5. The van der Waals surface area contributed by atoms with Crippen LogP contribution in [0.4, 0.5) is 11.4 Å². The summed E-state index contributed by atoms with van der Waals surface area (Å²) in [4.78, 5) is 12.1. The lowest BCUT2D eigenvalue weighted by Crippen LogP contribution is -2.44. The molecule has 1 aromatic carbocycles. The minimum absolute atomic E-state index is 0.111. The normalized spacial score (nSPS) is 18.1. The molecule has 0 N–H and O–H groups in total. The minimum atomic E-state index is -3.71. The molecule has 1 aliphatic rings. The SMILES string of the molecule is Cc1cnn(CC2CN(c3ccc([N+](=O)[O-])c(S(C)(=O)=O)c3)CCO2)c1. The Bertz CT molecular complexity index is 924. The second-order valence-corrected chi connectivity index (χ2v) is 8.34. The van der Waals surface area contributed by atoms with Crippen LogP contribution in [0.1, 0.15) is 5.56 Å². The van der Waals surface area contributed by atoms with Gasteiger partial charge in [-0.15, -0.1) is 0 Å². The molecule has 0 bridgehead atoms. The Hall–Kier alpha value is -2.46. The molecule has 1 saturated heterocycles. The van der Waals surface area contributed by atoms with Crippen molar-refractivity contribution in [2.45, 2.75) is 24.5 Å². The summed E-state index contributed by atoms with van der Waals surface area (Å²) in [7, 11) is -3.71. The van der Waals surface area contributed by atoms with E-state index in [0.717, 1.165) is 11.8 Å². The van der Waals surface area contributed by atoms with Gasteiger partial charge in [0.2, 0.25) is 0 Å². The van der Waals surface area contributed by atoms with Crippen LogP contribution in [0.25, 0.3) is 0 Å². The van der Waals surface area contributed by atoms with Crippen molar-refractivity contribution in [3.05, 3.63) is 46.3 Å². The van der Waals surface area contributed by atoms with Crippen LogP contribution in [0, 0.1) is 17.0 Å². The van der Waals surface area contributed by atoms with Crippen LogP contribution in [-0.4, -0.2) is 55.2 Å². The van der Waals surface area contributed by atoms with Crippen molar-refractivity contribution in [2.75, 3.05) is 30.9 Å². The van der Waals surface area contributed by atoms with Crippen LogP contribution in [0.3, 0.4) is 0 Å². The van der Waals surface area contributed by atoms with Gasteiger partial charge in [-0.25, -0.2) is 8.42 Å². The molecular weight excluding hydrogens is 360 g/mol. The molecule has 140 valence electrons. The van der Waals surface area contributed by atoms with E-state index in [1.165, 1.54) is 12.1 Å². The lowest BCUT2D eigenvalue weighted by atomic mass is 10.2. The Kier molecular flexibility index (Phi) is 4.97.